The number of nitrogens with one attached hydrogen (secondary N) is 2. The van der Waals surface area contributed by atoms with E-state index in [0.29, 0.717) is 6.54 Å². The Balaban J connectivity index is 2.46. The predicted molar refractivity (Wildman–Crippen MR) is 63.1 cm³/mol. The number of aromatic nitrogens is 2. The standard InChI is InChI=1S/C11H20N4O/c1-8-9(7-15(5)14-8)6-12-10(16)13-11(2,3)4/h7H,6H2,1-5H3,(H2,12,13,16). The van der Waals surface area contributed by atoms with Crippen LogP contribution in [0.25, 0.3) is 0 Å². The van der Waals surface area contributed by atoms with Crippen LogP contribution in [0.1, 0.15) is 32.0 Å². The van der Waals surface area contributed by atoms with Crippen LogP contribution < -0.4 is 10.6 Å². The molecule has 5 nitrogen and oxygen atoms in total. The lowest BCUT2D eigenvalue weighted by Gasteiger charge is -2.20. The Morgan fingerprint density at radius 2 is 2.12 bits per heavy atom. The SMILES string of the molecule is Cc1nn(C)cc1CNC(=O)NC(C)(C)C. The maximum atomic E-state index is 11.5. The Bertz CT molecular complexity index is 376. The molecule has 16 heavy (non-hydrogen) atoms. The number of amides is 2. The summed E-state index contributed by atoms with van der Waals surface area (Å²) in [6, 6.07) is -0.157. The van der Waals surface area contributed by atoms with E-state index in [-0.39, 0.29) is 11.6 Å². The van der Waals surface area contributed by atoms with Crippen LogP contribution in [-0.2, 0) is 13.6 Å². The monoisotopic (exact) mass is 224 g/mol. The van der Waals surface area contributed by atoms with E-state index in [1.807, 2.05) is 40.9 Å². The lowest BCUT2D eigenvalue weighted by molar-refractivity contribution is 0.231. The fourth-order valence-corrected chi connectivity index (χ4v) is 1.38. The van der Waals surface area contributed by atoms with Crippen LogP contribution in [0, 0.1) is 6.92 Å². The number of carbonyl (C=O) groups excluding carboxylic acids is 1. The van der Waals surface area contributed by atoms with Crippen molar-refractivity contribution >= 4 is 6.03 Å². The Morgan fingerprint density at radius 1 is 1.50 bits per heavy atom. The normalized spacial score (nSPS) is 11.3. The van der Waals surface area contributed by atoms with Gasteiger partial charge in [-0.25, -0.2) is 4.79 Å². The van der Waals surface area contributed by atoms with Crippen molar-refractivity contribution in [3.8, 4) is 0 Å². The summed E-state index contributed by atoms with van der Waals surface area (Å²) < 4.78 is 1.74. The zero-order chi connectivity index (χ0) is 12.3. The highest BCUT2D eigenvalue weighted by atomic mass is 16.2. The minimum absolute atomic E-state index is 0.157. The Hall–Kier alpha value is -1.52. The molecule has 0 atom stereocenters. The summed E-state index contributed by atoms with van der Waals surface area (Å²) in [4.78, 5) is 11.5. The number of hydrogen-bond donors (Lipinski definition) is 2. The van der Waals surface area contributed by atoms with Gasteiger partial charge >= 0.3 is 6.03 Å². The van der Waals surface area contributed by atoms with E-state index < -0.39 is 0 Å². The lowest BCUT2D eigenvalue weighted by Crippen LogP contribution is -2.46. The molecule has 0 saturated carbocycles. The molecule has 90 valence electrons. The molecule has 0 aliphatic carbocycles. The summed E-state index contributed by atoms with van der Waals surface area (Å²) in [7, 11) is 1.87. The molecular weight excluding hydrogens is 204 g/mol. The summed E-state index contributed by atoms with van der Waals surface area (Å²) in [6.45, 7) is 8.27. The molecule has 0 fully saturated rings. The third-order valence-electron chi connectivity index (χ3n) is 2.04. The first kappa shape index (κ1) is 12.5. The minimum atomic E-state index is -0.214. The van der Waals surface area contributed by atoms with Crippen LogP contribution >= 0.6 is 0 Å². The van der Waals surface area contributed by atoms with E-state index in [2.05, 4.69) is 15.7 Å². The molecule has 1 aromatic heterocycles. The van der Waals surface area contributed by atoms with Gasteiger partial charge in [0.15, 0.2) is 0 Å². The second-order valence-corrected chi connectivity index (χ2v) is 4.97. The van der Waals surface area contributed by atoms with E-state index in [1.54, 1.807) is 4.68 Å². The van der Waals surface area contributed by atoms with Crippen molar-refractivity contribution < 1.29 is 4.79 Å². The second-order valence-electron chi connectivity index (χ2n) is 4.97. The van der Waals surface area contributed by atoms with Crippen LogP contribution in [0.2, 0.25) is 0 Å². The van der Waals surface area contributed by atoms with E-state index >= 15 is 0 Å². The average Bonchev–Trinajstić information content (AvgIpc) is 2.38. The van der Waals surface area contributed by atoms with E-state index in [1.165, 1.54) is 0 Å². The van der Waals surface area contributed by atoms with Crippen LogP contribution in [0.15, 0.2) is 6.20 Å². The molecule has 0 aliphatic heterocycles. The number of rotatable bonds is 2. The molecule has 1 rings (SSSR count). The van der Waals surface area contributed by atoms with Crippen molar-refractivity contribution in [2.45, 2.75) is 39.8 Å². The summed E-state index contributed by atoms with van der Waals surface area (Å²) in [6.07, 6.45) is 1.91. The molecular formula is C11H20N4O. The van der Waals surface area contributed by atoms with E-state index in [9.17, 15) is 4.79 Å². The largest absolute Gasteiger partial charge is 0.334 e. The first-order valence-electron chi connectivity index (χ1n) is 5.33. The summed E-state index contributed by atoms with van der Waals surface area (Å²) in [5.74, 6) is 0. The van der Waals surface area contributed by atoms with Crippen molar-refractivity contribution in [3.63, 3.8) is 0 Å². The molecule has 0 aromatic carbocycles. The van der Waals surface area contributed by atoms with Gasteiger partial charge in [-0.15, -0.1) is 0 Å². The quantitative estimate of drug-likeness (QED) is 0.796. The van der Waals surface area contributed by atoms with Gasteiger partial charge in [-0.2, -0.15) is 5.10 Å². The Morgan fingerprint density at radius 3 is 2.56 bits per heavy atom. The summed E-state index contributed by atoms with van der Waals surface area (Å²) in [5.41, 5.74) is 1.76. The smallest absolute Gasteiger partial charge is 0.315 e. The van der Waals surface area contributed by atoms with Gasteiger partial charge in [-0.05, 0) is 27.7 Å². The number of aryl methyl sites for hydroxylation is 2. The first-order valence-corrected chi connectivity index (χ1v) is 5.33. The molecule has 0 unspecified atom stereocenters. The van der Waals surface area contributed by atoms with Crippen molar-refractivity contribution in [1.29, 1.82) is 0 Å². The minimum Gasteiger partial charge on any atom is -0.334 e. The molecule has 1 heterocycles. The molecule has 0 bridgehead atoms. The zero-order valence-electron chi connectivity index (χ0n) is 10.6. The molecule has 0 radical (unpaired) electrons. The van der Waals surface area contributed by atoms with Gasteiger partial charge in [0, 0.05) is 30.9 Å². The predicted octanol–water partition coefficient (Wildman–Crippen LogP) is 1.33. The van der Waals surface area contributed by atoms with Gasteiger partial charge < -0.3 is 10.6 Å². The first-order chi connectivity index (χ1) is 7.28. The van der Waals surface area contributed by atoms with Crippen LogP contribution in [0.4, 0.5) is 4.79 Å². The molecule has 0 saturated heterocycles. The number of nitrogens with zero attached hydrogens (tertiary/aromatic N) is 2. The maximum absolute atomic E-state index is 11.5. The van der Waals surface area contributed by atoms with Gasteiger partial charge in [-0.3, -0.25) is 4.68 Å². The van der Waals surface area contributed by atoms with Crippen molar-refractivity contribution in [3.05, 3.63) is 17.5 Å². The van der Waals surface area contributed by atoms with Gasteiger partial charge in [0.1, 0.15) is 0 Å². The molecule has 1 aromatic rings. The lowest BCUT2D eigenvalue weighted by atomic mass is 10.1. The Kier molecular flexibility index (Phi) is 3.57. The molecule has 5 heteroatoms. The maximum Gasteiger partial charge on any atom is 0.315 e. The summed E-state index contributed by atoms with van der Waals surface area (Å²) >= 11 is 0. The van der Waals surface area contributed by atoms with Crippen LogP contribution in [-0.4, -0.2) is 21.4 Å². The average molecular weight is 224 g/mol. The number of hydrogen-bond acceptors (Lipinski definition) is 2. The molecule has 0 spiro atoms. The molecule has 2 N–H and O–H groups in total. The third-order valence-corrected chi connectivity index (χ3v) is 2.04. The van der Waals surface area contributed by atoms with Gasteiger partial charge in [-0.1, -0.05) is 0 Å². The van der Waals surface area contributed by atoms with Crippen molar-refractivity contribution in [2.24, 2.45) is 7.05 Å². The van der Waals surface area contributed by atoms with Crippen LogP contribution in [0.5, 0.6) is 0 Å². The van der Waals surface area contributed by atoms with E-state index in [0.717, 1.165) is 11.3 Å². The topological polar surface area (TPSA) is 59.0 Å². The van der Waals surface area contributed by atoms with Crippen LogP contribution in [0.3, 0.4) is 0 Å². The summed E-state index contributed by atoms with van der Waals surface area (Å²) in [5, 5.41) is 9.85. The Labute approximate surface area is 96.2 Å². The molecule has 0 aliphatic rings. The molecule has 2 amide bonds. The van der Waals surface area contributed by atoms with Gasteiger partial charge in [0.05, 0.1) is 5.69 Å². The highest BCUT2D eigenvalue weighted by Gasteiger charge is 2.13. The highest BCUT2D eigenvalue weighted by molar-refractivity contribution is 5.74. The highest BCUT2D eigenvalue weighted by Crippen LogP contribution is 2.04. The fraction of sp³-hybridized carbons (Fsp3) is 0.636. The van der Waals surface area contributed by atoms with Crippen molar-refractivity contribution in [1.82, 2.24) is 20.4 Å². The fourth-order valence-electron chi connectivity index (χ4n) is 1.38. The van der Waals surface area contributed by atoms with Crippen molar-refractivity contribution in [2.75, 3.05) is 0 Å². The third kappa shape index (κ3) is 3.92. The van der Waals surface area contributed by atoms with Gasteiger partial charge in [0.25, 0.3) is 0 Å². The second kappa shape index (κ2) is 4.55. The van der Waals surface area contributed by atoms with E-state index in [4.69, 9.17) is 0 Å². The van der Waals surface area contributed by atoms with Gasteiger partial charge in [0.2, 0.25) is 0 Å². The number of carbonyl (C=O) groups is 1. The number of urea groups is 1. The zero-order valence-corrected chi connectivity index (χ0v) is 10.6.